The van der Waals surface area contributed by atoms with Crippen LogP contribution in [0.5, 0.6) is 0 Å². The molecular weight excluding hydrogens is 220 g/mol. The van der Waals surface area contributed by atoms with Crippen molar-refractivity contribution < 1.29 is 4.79 Å². The molecule has 2 aliphatic rings. The molecule has 2 fully saturated rings. The second kappa shape index (κ2) is 4.83. The Balaban J connectivity index is 2.27. The van der Waals surface area contributed by atoms with Gasteiger partial charge in [0.05, 0.1) is 0 Å². The summed E-state index contributed by atoms with van der Waals surface area (Å²) in [5, 5.41) is 0. The average Bonchev–Trinajstić information content (AvgIpc) is 2.27. The summed E-state index contributed by atoms with van der Waals surface area (Å²) in [5.41, 5.74) is 2.26. The van der Waals surface area contributed by atoms with Gasteiger partial charge in [-0.1, -0.05) is 39.3 Å². The highest BCUT2D eigenvalue weighted by molar-refractivity contribution is 5.49. The van der Waals surface area contributed by atoms with E-state index in [4.69, 9.17) is 0 Å². The van der Waals surface area contributed by atoms with E-state index in [0.29, 0.717) is 23.2 Å². The van der Waals surface area contributed by atoms with Gasteiger partial charge < -0.3 is 4.79 Å². The summed E-state index contributed by atoms with van der Waals surface area (Å²) in [6, 6.07) is 0. The van der Waals surface area contributed by atoms with Gasteiger partial charge in [-0.2, -0.15) is 0 Å². The van der Waals surface area contributed by atoms with Gasteiger partial charge in [0, 0.05) is 6.42 Å². The topological polar surface area (TPSA) is 17.1 Å². The lowest BCUT2D eigenvalue weighted by molar-refractivity contribution is -0.108. The van der Waals surface area contributed by atoms with E-state index < -0.39 is 0 Å². The lowest BCUT2D eigenvalue weighted by Gasteiger charge is -2.58. The molecule has 0 heterocycles. The summed E-state index contributed by atoms with van der Waals surface area (Å²) < 4.78 is 0. The number of fused-ring (bicyclic) bond motifs is 1. The predicted octanol–water partition coefficient (Wildman–Crippen LogP) is 4.76. The Labute approximate surface area is 112 Å². The molecule has 18 heavy (non-hydrogen) atoms. The van der Waals surface area contributed by atoms with Gasteiger partial charge in [-0.3, -0.25) is 0 Å². The summed E-state index contributed by atoms with van der Waals surface area (Å²) >= 11 is 0. The molecule has 0 amide bonds. The Morgan fingerprint density at radius 3 is 2.72 bits per heavy atom. The Morgan fingerprint density at radius 1 is 1.33 bits per heavy atom. The molecule has 2 rings (SSSR count). The first-order valence-corrected chi connectivity index (χ1v) is 7.53. The lowest BCUT2D eigenvalue weighted by Crippen LogP contribution is -2.49. The molecule has 2 saturated carbocycles. The molecule has 1 heteroatoms. The first kappa shape index (κ1) is 13.8. The van der Waals surface area contributed by atoms with Crippen LogP contribution in [0.4, 0.5) is 0 Å². The molecule has 0 aromatic carbocycles. The molecule has 1 nitrogen and oxygen atoms in total. The fraction of sp³-hybridized carbons (Fsp3) is 0.824. The second-order valence-corrected chi connectivity index (χ2v) is 7.39. The maximum Gasteiger partial charge on any atom is 0.120 e. The van der Waals surface area contributed by atoms with Gasteiger partial charge in [-0.05, 0) is 54.8 Å². The quantitative estimate of drug-likeness (QED) is 0.519. The zero-order valence-corrected chi connectivity index (χ0v) is 12.3. The van der Waals surface area contributed by atoms with Crippen LogP contribution < -0.4 is 0 Å². The molecular formula is C17H28O. The van der Waals surface area contributed by atoms with Crippen LogP contribution in [0.3, 0.4) is 0 Å². The van der Waals surface area contributed by atoms with E-state index in [1.807, 2.05) is 0 Å². The monoisotopic (exact) mass is 248 g/mol. The van der Waals surface area contributed by atoms with Crippen LogP contribution in [-0.4, -0.2) is 6.29 Å². The van der Waals surface area contributed by atoms with Gasteiger partial charge in [0.2, 0.25) is 0 Å². The van der Waals surface area contributed by atoms with Crippen molar-refractivity contribution in [2.75, 3.05) is 0 Å². The van der Waals surface area contributed by atoms with E-state index in [1.54, 1.807) is 0 Å². The maximum atomic E-state index is 10.7. The van der Waals surface area contributed by atoms with E-state index in [9.17, 15) is 4.79 Å². The number of rotatable bonds is 3. The van der Waals surface area contributed by atoms with Gasteiger partial charge >= 0.3 is 0 Å². The van der Waals surface area contributed by atoms with Gasteiger partial charge in [0.25, 0.3) is 0 Å². The Kier molecular flexibility index (Phi) is 3.71. The molecule has 0 unspecified atom stereocenters. The fourth-order valence-electron chi connectivity index (χ4n) is 5.04. The molecule has 0 aromatic heterocycles. The van der Waals surface area contributed by atoms with Crippen LogP contribution in [0, 0.1) is 22.7 Å². The van der Waals surface area contributed by atoms with Crippen molar-refractivity contribution in [3.63, 3.8) is 0 Å². The minimum Gasteiger partial charge on any atom is -0.303 e. The van der Waals surface area contributed by atoms with Crippen molar-refractivity contribution in [2.45, 2.75) is 65.7 Å². The van der Waals surface area contributed by atoms with Crippen molar-refractivity contribution in [2.24, 2.45) is 22.7 Å². The minimum absolute atomic E-state index is 0.389. The van der Waals surface area contributed by atoms with E-state index in [-0.39, 0.29) is 0 Å². The SMILES string of the molecule is C=C1CC[C@H]2C(C)(C)CCC[C@]2(C)[C@H]1CCC=O. The van der Waals surface area contributed by atoms with Gasteiger partial charge in [0.1, 0.15) is 6.29 Å². The molecule has 2 aliphatic carbocycles. The third kappa shape index (κ3) is 2.17. The highest BCUT2D eigenvalue weighted by atomic mass is 16.1. The Bertz CT molecular complexity index is 342. The maximum absolute atomic E-state index is 10.7. The molecule has 0 N–H and O–H groups in total. The lowest BCUT2D eigenvalue weighted by atomic mass is 9.47. The van der Waals surface area contributed by atoms with Gasteiger partial charge in [0.15, 0.2) is 0 Å². The van der Waals surface area contributed by atoms with Crippen molar-refractivity contribution in [3.05, 3.63) is 12.2 Å². The summed E-state index contributed by atoms with van der Waals surface area (Å²) in [6.07, 6.45) is 9.30. The number of aldehydes is 1. The predicted molar refractivity (Wildman–Crippen MR) is 76.4 cm³/mol. The van der Waals surface area contributed by atoms with Gasteiger partial charge in [-0.25, -0.2) is 0 Å². The van der Waals surface area contributed by atoms with Gasteiger partial charge in [-0.15, -0.1) is 0 Å². The Hall–Kier alpha value is -0.590. The summed E-state index contributed by atoms with van der Waals surface area (Å²) in [6.45, 7) is 11.7. The molecule has 0 aliphatic heterocycles. The molecule has 0 spiro atoms. The molecule has 3 atom stereocenters. The number of allylic oxidation sites excluding steroid dienone is 1. The summed E-state index contributed by atoms with van der Waals surface area (Å²) in [7, 11) is 0. The zero-order chi connectivity index (χ0) is 13.4. The van der Waals surface area contributed by atoms with Crippen molar-refractivity contribution in [3.8, 4) is 0 Å². The smallest absolute Gasteiger partial charge is 0.120 e. The van der Waals surface area contributed by atoms with E-state index in [1.165, 1.54) is 37.7 Å². The van der Waals surface area contributed by atoms with Crippen LogP contribution in [0.1, 0.15) is 65.7 Å². The molecule has 102 valence electrons. The van der Waals surface area contributed by atoms with Crippen LogP contribution in [0.25, 0.3) is 0 Å². The second-order valence-electron chi connectivity index (χ2n) is 7.39. The molecule has 0 aromatic rings. The highest BCUT2D eigenvalue weighted by Gasteiger charge is 2.52. The number of carbonyl (C=O) groups is 1. The van der Waals surface area contributed by atoms with Crippen molar-refractivity contribution in [1.29, 1.82) is 0 Å². The first-order valence-electron chi connectivity index (χ1n) is 7.53. The third-order valence-corrected chi connectivity index (χ3v) is 5.89. The van der Waals surface area contributed by atoms with Crippen LogP contribution >= 0.6 is 0 Å². The summed E-state index contributed by atoms with van der Waals surface area (Å²) in [5.74, 6) is 1.38. The number of hydrogen-bond acceptors (Lipinski definition) is 1. The van der Waals surface area contributed by atoms with E-state index in [0.717, 1.165) is 18.6 Å². The average molecular weight is 248 g/mol. The minimum atomic E-state index is 0.389. The normalized spacial score (nSPS) is 39.2. The van der Waals surface area contributed by atoms with E-state index in [2.05, 4.69) is 27.4 Å². The van der Waals surface area contributed by atoms with Crippen molar-refractivity contribution >= 4 is 6.29 Å². The number of hydrogen-bond donors (Lipinski definition) is 0. The standard InChI is InChI=1S/C17H28O/c1-13-8-9-15-16(2,3)10-6-11-17(15,4)14(13)7-5-12-18/h12,14-15H,1,5-11H2,2-4H3/t14-,15-,17+/m0/s1. The molecule has 0 bridgehead atoms. The van der Waals surface area contributed by atoms with Crippen LogP contribution in [0.15, 0.2) is 12.2 Å². The highest BCUT2D eigenvalue weighted by Crippen LogP contribution is 2.61. The van der Waals surface area contributed by atoms with Crippen molar-refractivity contribution in [1.82, 2.24) is 0 Å². The fourth-order valence-corrected chi connectivity index (χ4v) is 5.04. The van der Waals surface area contributed by atoms with Crippen LogP contribution in [-0.2, 0) is 4.79 Å². The van der Waals surface area contributed by atoms with Crippen LogP contribution in [0.2, 0.25) is 0 Å². The number of carbonyl (C=O) groups excluding carboxylic acids is 1. The first-order chi connectivity index (χ1) is 8.42. The Morgan fingerprint density at radius 2 is 2.06 bits per heavy atom. The largest absolute Gasteiger partial charge is 0.303 e. The molecule has 0 saturated heterocycles. The third-order valence-electron chi connectivity index (χ3n) is 5.89. The summed E-state index contributed by atoms with van der Waals surface area (Å²) in [4.78, 5) is 10.7. The van der Waals surface area contributed by atoms with E-state index >= 15 is 0 Å². The molecule has 0 radical (unpaired) electrons. The zero-order valence-electron chi connectivity index (χ0n) is 12.3.